The predicted octanol–water partition coefficient (Wildman–Crippen LogP) is 1.98. The zero-order valence-corrected chi connectivity index (χ0v) is 14.7. The molecule has 0 saturated carbocycles. The Hall–Kier alpha value is -2.85. The smallest absolute Gasteiger partial charge is 0.407 e. The maximum Gasteiger partial charge on any atom is 0.407 e. The average Bonchev–Trinajstić information content (AvgIpc) is 2.66. The quantitative estimate of drug-likeness (QED) is 0.846. The monoisotopic (exact) mass is 351 g/mol. The number of piperazine rings is 2. The van der Waals surface area contributed by atoms with Crippen LogP contribution in [-0.4, -0.2) is 70.8 Å². The molecule has 2 aromatic rings. The fraction of sp³-hybridized carbons (Fsp3) is 0.421. The van der Waals surface area contributed by atoms with Crippen molar-refractivity contribution in [1.29, 1.82) is 5.26 Å². The maximum atomic E-state index is 11.4. The zero-order chi connectivity index (χ0) is 18.3. The highest BCUT2D eigenvalue weighted by atomic mass is 16.4. The number of nitrogens with zero attached hydrogens (tertiary/aromatic N) is 5. The second-order valence-electron chi connectivity index (χ2n) is 7.02. The molecular weight excluding hydrogens is 330 g/mol. The van der Waals surface area contributed by atoms with Crippen LogP contribution >= 0.6 is 0 Å². The fourth-order valence-electron chi connectivity index (χ4n) is 4.26. The van der Waals surface area contributed by atoms with Crippen LogP contribution in [0.3, 0.4) is 0 Å². The number of hydrogen-bond donors (Lipinski definition) is 1. The van der Waals surface area contributed by atoms with Crippen LogP contribution < -0.4 is 4.90 Å². The van der Waals surface area contributed by atoms with Crippen LogP contribution in [0.4, 0.5) is 10.5 Å². The van der Waals surface area contributed by atoms with Crippen LogP contribution in [0, 0.1) is 11.3 Å². The maximum absolute atomic E-state index is 11.4. The third-order valence-electron chi connectivity index (χ3n) is 5.49. The molecule has 26 heavy (non-hydrogen) atoms. The molecule has 2 aliphatic heterocycles. The molecule has 1 amide bonds. The highest BCUT2D eigenvalue weighted by Crippen LogP contribution is 2.31. The number of hydrogen-bond acceptors (Lipinski definition) is 5. The minimum absolute atomic E-state index is 0.172. The van der Waals surface area contributed by atoms with Gasteiger partial charge < -0.3 is 14.9 Å². The van der Waals surface area contributed by atoms with Crippen molar-refractivity contribution >= 4 is 22.7 Å². The predicted molar refractivity (Wildman–Crippen MR) is 98.2 cm³/mol. The van der Waals surface area contributed by atoms with Crippen LogP contribution in [-0.2, 0) is 0 Å². The second-order valence-corrected chi connectivity index (χ2v) is 7.02. The van der Waals surface area contributed by atoms with E-state index >= 15 is 0 Å². The molecule has 0 radical (unpaired) electrons. The van der Waals surface area contributed by atoms with Gasteiger partial charge in [0.15, 0.2) is 0 Å². The number of aromatic nitrogens is 1. The lowest BCUT2D eigenvalue weighted by atomic mass is 10.0. The van der Waals surface area contributed by atoms with Gasteiger partial charge in [0.25, 0.3) is 0 Å². The number of pyridine rings is 1. The number of benzene rings is 1. The molecule has 2 atom stereocenters. The van der Waals surface area contributed by atoms with E-state index in [2.05, 4.69) is 27.8 Å². The summed E-state index contributed by atoms with van der Waals surface area (Å²) in [5, 5.41) is 19.6. The largest absolute Gasteiger partial charge is 0.465 e. The Bertz CT molecular complexity index is 893. The topological polar surface area (TPSA) is 83.7 Å². The molecule has 2 aliphatic rings. The number of carboxylic acid groups (broad SMARTS) is 1. The fourth-order valence-corrected chi connectivity index (χ4v) is 4.26. The lowest BCUT2D eigenvalue weighted by molar-refractivity contribution is 0.0367. The van der Waals surface area contributed by atoms with Gasteiger partial charge in [-0.05, 0) is 31.2 Å². The molecule has 0 bridgehead atoms. The van der Waals surface area contributed by atoms with Gasteiger partial charge in [0.05, 0.1) is 11.1 Å². The Morgan fingerprint density at radius 3 is 2.88 bits per heavy atom. The summed E-state index contributed by atoms with van der Waals surface area (Å²) in [7, 11) is 0. The summed E-state index contributed by atoms with van der Waals surface area (Å²) in [6, 6.07) is 10.4. The first kappa shape index (κ1) is 16.6. The molecule has 1 N–H and O–H groups in total. The molecule has 4 rings (SSSR count). The minimum atomic E-state index is -0.845. The molecule has 7 nitrogen and oxygen atoms in total. The van der Waals surface area contributed by atoms with E-state index in [0.29, 0.717) is 24.7 Å². The van der Waals surface area contributed by atoms with Crippen molar-refractivity contribution in [2.75, 3.05) is 37.6 Å². The van der Waals surface area contributed by atoms with Gasteiger partial charge in [-0.3, -0.25) is 9.88 Å². The highest BCUT2D eigenvalue weighted by molar-refractivity contribution is 5.95. The van der Waals surface area contributed by atoms with E-state index in [4.69, 9.17) is 0 Å². The Balaban J connectivity index is 1.68. The number of anilines is 1. The molecule has 7 heteroatoms. The first-order valence-electron chi connectivity index (χ1n) is 8.85. The van der Waals surface area contributed by atoms with E-state index in [-0.39, 0.29) is 6.04 Å². The molecule has 3 heterocycles. The van der Waals surface area contributed by atoms with Gasteiger partial charge in [-0.25, -0.2) is 4.79 Å². The van der Waals surface area contributed by atoms with E-state index in [1.165, 1.54) is 4.90 Å². The normalized spacial score (nSPS) is 23.5. The van der Waals surface area contributed by atoms with Crippen LogP contribution in [0.2, 0.25) is 0 Å². The van der Waals surface area contributed by atoms with Crippen molar-refractivity contribution in [1.82, 2.24) is 14.8 Å². The van der Waals surface area contributed by atoms with E-state index in [0.717, 1.165) is 36.2 Å². The van der Waals surface area contributed by atoms with Gasteiger partial charge in [-0.2, -0.15) is 5.26 Å². The van der Waals surface area contributed by atoms with Crippen LogP contribution in [0.25, 0.3) is 10.9 Å². The lowest BCUT2D eigenvalue weighted by Gasteiger charge is -2.50. The summed E-state index contributed by atoms with van der Waals surface area (Å²) >= 11 is 0. The molecule has 2 fully saturated rings. The molecule has 1 aromatic heterocycles. The lowest BCUT2D eigenvalue weighted by Crippen LogP contribution is -2.65. The van der Waals surface area contributed by atoms with E-state index in [1.54, 1.807) is 6.20 Å². The molecule has 0 unspecified atom stereocenters. The van der Waals surface area contributed by atoms with Gasteiger partial charge in [0, 0.05) is 62.1 Å². The van der Waals surface area contributed by atoms with Gasteiger partial charge in [0.2, 0.25) is 0 Å². The standard InChI is InChI=1S/C19H21N5O2/c1-13-10-23(12-15-11-22(19(25)26)7-8-24(13)15)17-5-4-14(9-20)18-16(17)3-2-6-21-18/h2-6,13,15H,7-8,10-12H2,1H3,(H,25,26)/t13-,15+/m1/s1. The molecule has 2 saturated heterocycles. The Morgan fingerprint density at radius 1 is 1.27 bits per heavy atom. The number of carbonyl (C=O) groups is 1. The van der Waals surface area contributed by atoms with Crippen LogP contribution in [0.15, 0.2) is 30.5 Å². The highest BCUT2D eigenvalue weighted by Gasteiger charge is 2.37. The Labute approximate surface area is 152 Å². The van der Waals surface area contributed by atoms with Crippen molar-refractivity contribution in [2.24, 2.45) is 0 Å². The zero-order valence-electron chi connectivity index (χ0n) is 14.7. The Kier molecular flexibility index (Phi) is 4.13. The Morgan fingerprint density at radius 2 is 2.12 bits per heavy atom. The molecular formula is C19H21N5O2. The minimum Gasteiger partial charge on any atom is -0.465 e. The van der Waals surface area contributed by atoms with Crippen molar-refractivity contribution in [2.45, 2.75) is 19.0 Å². The molecule has 0 spiro atoms. The molecule has 0 aliphatic carbocycles. The number of nitriles is 1. The summed E-state index contributed by atoms with van der Waals surface area (Å²) in [6.07, 6.45) is 0.863. The third-order valence-corrected chi connectivity index (χ3v) is 5.49. The number of fused-ring (bicyclic) bond motifs is 2. The summed E-state index contributed by atoms with van der Waals surface area (Å²) in [5.41, 5.74) is 2.36. The summed E-state index contributed by atoms with van der Waals surface area (Å²) < 4.78 is 0. The number of rotatable bonds is 1. The van der Waals surface area contributed by atoms with Crippen molar-refractivity contribution in [3.8, 4) is 6.07 Å². The van der Waals surface area contributed by atoms with Gasteiger partial charge in [-0.1, -0.05) is 0 Å². The third kappa shape index (κ3) is 2.72. The van der Waals surface area contributed by atoms with Gasteiger partial charge in [-0.15, -0.1) is 0 Å². The van der Waals surface area contributed by atoms with E-state index < -0.39 is 6.09 Å². The molecule has 134 valence electrons. The van der Waals surface area contributed by atoms with Crippen molar-refractivity contribution in [3.05, 3.63) is 36.0 Å². The SMILES string of the molecule is C[C@@H]1CN(c2ccc(C#N)c3ncccc23)C[C@@H]2CN(C(=O)O)CCN21. The van der Waals surface area contributed by atoms with E-state index in [9.17, 15) is 15.2 Å². The summed E-state index contributed by atoms with van der Waals surface area (Å²) in [4.78, 5) is 22.0. The van der Waals surface area contributed by atoms with E-state index in [1.807, 2.05) is 24.3 Å². The summed E-state index contributed by atoms with van der Waals surface area (Å²) in [5.74, 6) is 0. The van der Waals surface area contributed by atoms with Crippen LogP contribution in [0.1, 0.15) is 12.5 Å². The number of amides is 1. The van der Waals surface area contributed by atoms with Crippen molar-refractivity contribution in [3.63, 3.8) is 0 Å². The first-order chi connectivity index (χ1) is 12.6. The average molecular weight is 351 g/mol. The van der Waals surface area contributed by atoms with Gasteiger partial charge in [0.1, 0.15) is 6.07 Å². The summed E-state index contributed by atoms with van der Waals surface area (Å²) in [6.45, 7) is 5.72. The second kappa shape index (κ2) is 6.46. The van der Waals surface area contributed by atoms with Gasteiger partial charge >= 0.3 is 6.09 Å². The molecule has 1 aromatic carbocycles. The van der Waals surface area contributed by atoms with Crippen LogP contribution in [0.5, 0.6) is 0 Å². The first-order valence-corrected chi connectivity index (χ1v) is 8.85. The van der Waals surface area contributed by atoms with Crippen molar-refractivity contribution < 1.29 is 9.90 Å².